The second-order valence-electron chi connectivity index (χ2n) is 7.35. The van der Waals surface area contributed by atoms with Crippen LogP contribution in [0.25, 0.3) is 6.08 Å². The predicted octanol–water partition coefficient (Wildman–Crippen LogP) is 6.45. The van der Waals surface area contributed by atoms with Gasteiger partial charge in [-0.1, -0.05) is 41.4 Å². The van der Waals surface area contributed by atoms with Gasteiger partial charge in [0.1, 0.15) is 18.2 Å². The number of carbonyl (C=O) groups excluding carboxylic acids is 1. The van der Waals surface area contributed by atoms with Gasteiger partial charge in [-0.25, -0.2) is 0 Å². The van der Waals surface area contributed by atoms with Crippen LogP contribution in [0.15, 0.2) is 64.6 Å². The fourth-order valence-electron chi connectivity index (χ4n) is 3.03. The highest BCUT2D eigenvalue weighted by Gasteiger charge is 2.17. The molecule has 0 aliphatic rings. The summed E-state index contributed by atoms with van der Waals surface area (Å²) in [5.41, 5.74) is 2.15. The summed E-state index contributed by atoms with van der Waals surface area (Å²) in [5.74, 6) is 0.0957. The van der Waals surface area contributed by atoms with E-state index in [1.165, 1.54) is 25.3 Å². The molecule has 35 heavy (non-hydrogen) atoms. The molecule has 0 atom stereocenters. The number of anilines is 1. The van der Waals surface area contributed by atoms with E-state index in [1.807, 2.05) is 37.3 Å². The van der Waals surface area contributed by atoms with E-state index in [9.17, 15) is 20.2 Å². The number of hydrogen-bond donors (Lipinski definition) is 1. The Morgan fingerprint density at radius 1 is 1.23 bits per heavy atom. The number of nitriles is 1. The highest BCUT2D eigenvalue weighted by Crippen LogP contribution is 2.38. The standard InChI is InChI=1S/C25H19BrClN3O5/c1-15-3-5-16(6-4-15)14-35-24-20(26)10-17(11-23(24)34-2)9-18(13-28)25(31)29-22-12-19(30(32)33)7-8-21(22)27/h3-12H,14H2,1-2H3,(H,29,31)/b18-9+. The van der Waals surface area contributed by atoms with Gasteiger partial charge < -0.3 is 14.8 Å². The molecule has 0 heterocycles. The first-order valence-electron chi connectivity index (χ1n) is 10.1. The predicted molar refractivity (Wildman–Crippen MR) is 137 cm³/mol. The second-order valence-corrected chi connectivity index (χ2v) is 8.62. The maximum absolute atomic E-state index is 12.7. The van der Waals surface area contributed by atoms with Crippen LogP contribution in [0.1, 0.15) is 16.7 Å². The first kappa shape index (κ1) is 25.7. The molecule has 0 fully saturated rings. The molecule has 1 N–H and O–H groups in total. The van der Waals surface area contributed by atoms with Crippen molar-refractivity contribution in [3.05, 3.63) is 96.5 Å². The molecule has 0 bridgehead atoms. The molecule has 0 unspecified atom stereocenters. The lowest BCUT2D eigenvalue weighted by atomic mass is 10.1. The largest absolute Gasteiger partial charge is 0.493 e. The molecule has 0 aliphatic heterocycles. The molecule has 10 heteroatoms. The first-order chi connectivity index (χ1) is 16.7. The van der Waals surface area contributed by atoms with Crippen molar-refractivity contribution in [1.82, 2.24) is 0 Å². The van der Waals surface area contributed by atoms with Crippen molar-refractivity contribution in [3.8, 4) is 17.6 Å². The number of methoxy groups -OCH3 is 1. The number of amides is 1. The van der Waals surface area contributed by atoms with Crippen LogP contribution in [0.3, 0.4) is 0 Å². The Kier molecular flexibility index (Phi) is 8.47. The minimum Gasteiger partial charge on any atom is -0.493 e. The SMILES string of the molecule is COc1cc(/C=C(\C#N)C(=O)Nc2cc([N+](=O)[O-])ccc2Cl)cc(Br)c1OCc1ccc(C)cc1. The zero-order valence-electron chi connectivity index (χ0n) is 18.7. The average molecular weight is 557 g/mol. The van der Waals surface area contributed by atoms with Gasteiger partial charge in [-0.2, -0.15) is 5.26 Å². The molecular weight excluding hydrogens is 538 g/mol. The Labute approximate surface area is 215 Å². The van der Waals surface area contributed by atoms with Crippen LogP contribution < -0.4 is 14.8 Å². The Morgan fingerprint density at radius 2 is 1.94 bits per heavy atom. The molecule has 3 aromatic rings. The lowest BCUT2D eigenvalue weighted by Gasteiger charge is -2.14. The van der Waals surface area contributed by atoms with Crippen molar-refractivity contribution >= 4 is 50.9 Å². The van der Waals surface area contributed by atoms with Crippen LogP contribution in [0, 0.1) is 28.4 Å². The fraction of sp³-hybridized carbons (Fsp3) is 0.120. The second kappa shape index (κ2) is 11.5. The molecule has 0 spiro atoms. The number of rotatable bonds is 8. The van der Waals surface area contributed by atoms with E-state index >= 15 is 0 Å². The first-order valence-corrected chi connectivity index (χ1v) is 11.3. The van der Waals surface area contributed by atoms with Gasteiger partial charge in [0.2, 0.25) is 0 Å². The van der Waals surface area contributed by atoms with E-state index in [0.717, 1.165) is 17.2 Å². The van der Waals surface area contributed by atoms with Crippen molar-refractivity contribution in [3.63, 3.8) is 0 Å². The van der Waals surface area contributed by atoms with Crippen LogP contribution in [-0.2, 0) is 11.4 Å². The molecule has 178 valence electrons. The molecule has 3 aromatic carbocycles. The third kappa shape index (κ3) is 6.59. The smallest absolute Gasteiger partial charge is 0.271 e. The zero-order valence-corrected chi connectivity index (χ0v) is 21.0. The van der Waals surface area contributed by atoms with Crippen LogP contribution in [0.2, 0.25) is 5.02 Å². The van der Waals surface area contributed by atoms with Crippen molar-refractivity contribution in [2.24, 2.45) is 0 Å². The maximum Gasteiger partial charge on any atom is 0.271 e. The number of nitro benzene ring substituents is 1. The van der Waals surface area contributed by atoms with Crippen molar-refractivity contribution in [2.75, 3.05) is 12.4 Å². The van der Waals surface area contributed by atoms with Crippen molar-refractivity contribution < 1.29 is 19.2 Å². The van der Waals surface area contributed by atoms with Crippen molar-refractivity contribution in [2.45, 2.75) is 13.5 Å². The Morgan fingerprint density at radius 3 is 2.57 bits per heavy atom. The van der Waals surface area contributed by atoms with Crippen LogP contribution in [0.4, 0.5) is 11.4 Å². The zero-order chi connectivity index (χ0) is 25.5. The van der Waals surface area contributed by atoms with Gasteiger partial charge in [-0.05, 0) is 58.3 Å². The third-order valence-electron chi connectivity index (χ3n) is 4.84. The number of carbonyl (C=O) groups is 1. The number of halogens is 2. The molecule has 0 saturated heterocycles. The molecular formula is C25H19BrClN3O5. The highest BCUT2D eigenvalue weighted by atomic mass is 79.9. The van der Waals surface area contributed by atoms with E-state index in [4.69, 9.17) is 21.1 Å². The number of non-ortho nitro benzene ring substituents is 1. The average Bonchev–Trinajstić information content (AvgIpc) is 2.83. The van der Waals surface area contributed by atoms with Gasteiger partial charge in [0, 0.05) is 12.1 Å². The van der Waals surface area contributed by atoms with Gasteiger partial charge in [-0.15, -0.1) is 0 Å². The van der Waals surface area contributed by atoms with E-state index in [-0.39, 0.29) is 22.0 Å². The minimum atomic E-state index is -0.773. The quantitative estimate of drug-likeness (QED) is 0.148. The third-order valence-corrected chi connectivity index (χ3v) is 5.76. The number of nitrogens with zero attached hydrogens (tertiary/aromatic N) is 2. The Balaban J connectivity index is 1.84. The molecule has 3 rings (SSSR count). The van der Waals surface area contributed by atoms with E-state index < -0.39 is 10.8 Å². The van der Waals surface area contributed by atoms with E-state index in [1.54, 1.807) is 12.1 Å². The highest BCUT2D eigenvalue weighted by molar-refractivity contribution is 9.10. The summed E-state index contributed by atoms with van der Waals surface area (Å²) in [5, 5.41) is 23.1. The number of nitro groups is 1. The summed E-state index contributed by atoms with van der Waals surface area (Å²) in [4.78, 5) is 23.1. The fourth-order valence-corrected chi connectivity index (χ4v) is 3.77. The van der Waals surface area contributed by atoms with Gasteiger partial charge in [0.05, 0.1) is 27.2 Å². The number of hydrogen-bond acceptors (Lipinski definition) is 6. The monoisotopic (exact) mass is 555 g/mol. The molecule has 0 aromatic heterocycles. The summed E-state index contributed by atoms with van der Waals surface area (Å²) in [6, 6.07) is 16.7. The number of benzene rings is 3. The van der Waals surface area contributed by atoms with Gasteiger partial charge in [-0.3, -0.25) is 14.9 Å². The maximum atomic E-state index is 12.7. The van der Waals surface area contributed by atoms with E-state index in [2.05, 4.69) is 21.2 Å². The normalized spacial score (nSPS) is 10.9. The molecule has 0 aliphatic carbocycles. The summed E-state index contributed by atoms with van der Waals surface area (Å²) in [7, 11) is 1.48. The van der Waals surface area contributed by atoms with Crippen LogP contribution in [0.5, 0.6) is 11.5 Å². The number of nitrogens with one attached hydrogen (secondary N) is 1. The summed E-state index contributed by atoms with van der Waals surface area (Å²) >= 11 is 9.49. The molecule has 1 amide bonds. The summed E-state index contributed by atoms with van der Waals surface area (Å²) in [6.07, 6.45) is 1.36. The minimum absolute atomic E-state index is 0.0191. The molecule has 0 radical (unpaired) electrons. The summed E-state index contributed by atoms with van der Waals surface area (Å²) < 4.78 is 11.9. The lowest BCUT2D eigenvalue weighted by Crippen LogP contribution is -2.14. The van der Waals surface area contributed by atoms with Crippen LogP contribution in [-0.4, -0.2) is 17.9 Å². The lowest BCUT2D eigenvalue weighted by molar-refractivity contribution is -0.384. The Bertz CT molecular complexity index is 1350. The van der Waals surface area contributed by atoms with Crippen molar-refractivity contribution in [1.29, 1.82) is 5.26 Å². The van der Waals surface area contributed by atoms with Gasteiger partial charge in [0.25, 0.3) is 11.6 Å². The number of ether oxygens (including phenoxy) is 2. The van der Waals surface area contributed by atoms with Gasteiger partial charge >= 0.3 is 0 Å². The van der Waals surface area contributed by atoms with Gasteiger partial charge in [0.15, 0.2) is 11.5 Å². The number of aryl methyl sites for hydroxylation is 1. The topological polar surface area (TPSA) is 114 Å². The summed E-state index contributed by atoms with van der Waals surface area (Å²) in [6.45, 7) is 2.32. The van der Waals surface area contributed by atoms with Crippen LogP contribution >= 0.6 is 27.5 Å². The molecule has 8 nitrogen and oxygen atoms in total. The molecule has 0 saturated carbocycles. The Hall–Kier alpha value is -3.87. The van der Waals surface area contributed by atoms with E-state index in [0.29, 0.717) is 28.1 Å².